The lowest BCUT2D eigenvalue weighted by molar-refractivity contribution is -0.116. The van der Waals surface area contributed by atoms with Crippen LogP contribution >= 0.6 is 11.6 Å². The zero-order valence-corrected chi connectivity index (χ0v) is 15.6. The van der Waals surface area contributed by atoms with E-state index in [1.807, 2.05) is 0 Å². The number of sulfonamides is 1. The molecular formula is C19H15ClN2O4S. The predicted octanol–water partition coefficient (Wildman–Crippen LogP) is 3.88. The topological polar surface area (TPSA) is 95.5 Å². The minimum atomic E-state index is -3.88. The third-order valence-electron chi connectivity index (χ3n) is 4.50. The van der Waals surface area contributed by atoms with E-state index >= 15 is 0 Å². The summed E-state index contributed by atoms with van der Waals surface area (Å²) in [5, 5.41) is 13.9. The Bertz CT molecular complexity index is 1190. The average molecular weight is 403 g/mol. The number of phenols is 1. The molecule has 0 atom stereocenters. The number of fused-ring (bicyclic) bond motifs is 2. The van der Waals surface area contributed by atoms with Gasteiger partial charge in [-0.1, -0.05) is 35.9 Å². The molecule has 1 heterocycles. The van der Waals surface area contributed by atoms with Gasteiger partial charge in [0.25, 0.3) is 10.0 Å². The first-order valence-electron chi connectivity index (χ1n) is 8.21. The Labute approximate surface area is 160 Å². The van der Waals surface area contributed by atoms with E-state index in [0.29, 0.717) is 29.3 Å². The third kappa shape index (κ3) is 3.20. The highest BCUT2D eigenvalue weighted by Gasteiger charge is 2.21. The molecule has 3 aromatic rings. The number of nitrogens with one attached hydrogen (secondary N) is 2. The van der Waals surface area contributed by atoms with E-state index in [-0.39, 0.29) is 27.3 Å². The standard InChI is InChI=1S/C19H15ClN2O4S/c20-15-10-17(13-3-1-2-4-14(13)19(15)24)22-27(25,26)12-6-7-16-11(9-12)5-8-18(23)21-16/h1-4,6-7,9-10,22,24H,5,8H2,(H,21,23). The van der Waals surface area contributed by atoms with Gasteiger partial charge in [-0.05, 0) is 36.2 Å². The Kier molecular flexibility index (Phi) is 4.20. The molecule has 0 aliphatic carbocycles. The van der Waals surface area contributed by atoms with Crippen LogP contribution in [0.4, 0.5) is 11.4 Å². The first-order chi connectivity index (χ1) is 12.8. The van der Waals surface area contributed by atoms with Crippen LogP contribution in [-0.2, 0) is 21.2 Å². The van der Waals surface area contributed by atoms with Crippen LogP contribution < -0.4 is 10.0 Å². The third-order valence-corrected chi connectivity index (χ3v) is 6.15. The number of amides is 1. The van der Waals surface area contributed by atoms with E-state index in [4.69, 9.17) is 11.6 Å². The van der Waals surface area contributed by atoms with Crippen molar-refractivity contribution in [3.05, 3.63) is 59.1 Å². The number of phenolic OH excluding ortho intramolecular Hbond substituents is 1. The number of benzene rings is 3. The number of hydrogen-bond acceptors (Lipinski definition) is 4. The molecule has 0 radical (unpaired) electrons. The second-order valence-electron chi connectivity index (χ2n) is 6.27. The van der Waals surface area contributed by atoms with E-state index in [9.17, 15) is 18.3 Å². The molecule has 0 fully saturated rings. The normalized spacial score (nSPS) is 13.9. The fourth-order valence-electron chi connectivity index (χ4n) is 3.14. The van der Waals surface area contributed by atoms with Crippen molar-refractivity contribution in [1.82, 2.24) is 0 Å². The fraction of sp³-hybridized carbons (Fsp3) is 0.105. The smallest absolute Gasteiger partial charge is 0.261 e. The molecule has 0 saturated heterocycles. The van der Waals surface area contributed by atoms with Crippen molar-refractivity contribution in [1.29, 1.82) is 0 Å². The monoisotopic (exact) mass is 402 g/mol. The Morgan fingerprint density at radius 1 is 1.04 bits per heavy atom. The van der Waals surface area contributed by atoms with E-state index in [0.717, 1.165) is 5.56 Å². The highest BCUT2D eigenvalue weighted by atomic mass is 35.5. The van der Waals surface area contributed by atoms with Crippen molar-refractivity contribution in [2.24, 2.45) is 0 Å². The maximum atomic E-state index is 12.9. The van der Waals surface area contributed by atoms with Gasteiger partial charge in [0, 0.05) is 22.9 Å². The van der Waals surface area contributed by atoms with Crippen LogP contribution in [0.3, 0.4) is 0 Å². The van der Waals surface area contributed by atoms with E-state index in [1.165, 1.54) is 12.1 Å². The lowest BCUT2D eigenvalue weighted by Gasteiger charge is -2.18. The summed E-state index contributed by atoms with van der Waals surface area (Å²) >= 11 is 6.05. The number of carbonyl (C=O) groups excluding carboxylic acids is 1. The van der Waals surface area contributed by atoms with Gasteiger partial charge in [-0.15, -0.1) is 0 Å². The van der Waals surface area contributed by atoms with Gasteiger partial charge in [0.2, 0.25) is 5.91 Å². The van der Waals surface area contributed by atoms with Crippen molar-refractivity contribution in [2.45, 2.75) is 17.7 Å². The summed E-state index contributed by atoms with van der Waals surface area (Å²) < 4.78 is 28.3. The molecule has 0 unspecified atom stereocenters. The van der Waals surface area contributed by atoms with Gasteiger partial charge in [0.05, 0.1) is 15.6 Å². The Morgan fingerprint density at radius 3 is 2.56 bits per heavy atom. The van der Waals surface area contributed by atoms with Crippen LogP contribution in [0.15, 0.2) is 53.4 Å². The number of carbonyl (C=O) groups is 1. The molecule has 1 amide bonds. The van der Waals surface area contributed by atoms with Crippen LogP contribution in [0.5, 0.6) is 5.75 Å². The molecule has 1 aliphatic rings. The van der Waals surface area contributed by atoms with Gasteiger partial charge in [0.1, 0.15) is 5.75 Å². The summed E-state index contributed by atoms with van der Waals surface area (Å²) in [5.74, 6) is -0.179. The van der Waals surface area contributed by atoms with Gasteiger partial charge >= 0.3 is 0 Å². The lowest BCUT2D eigenvalue weighted by Crippen LogP contribution is -2.20. The number of rotatable bonds is 3. The summed E-state index contributed by atoms with van der Waals surface area (Å²) in [5.41, 5.74) is 1.67. The van der Waals surface area contributed by atoms with E-state index < -0.39 is 10.0 Å². The summed E-state index contributed by atoms with van der Waals surface area (Å²) in [6.45, 7) is 0. The summed E-state index contributed by atoms with van der Waals surface area (Å²) in [7, 11) is -3.88. The van der Waals surface area contributed by atoms with E-state index in [2.05, 4.69) is 10.0 Å². The Morgan fingerprint density at radius 2 is 1.78 bits per heavy atom. The average Bonchev–Trinajstić information content (AvgIpc) is 2.65. The molecule has 3 N–H and O–H groups in total. The Balaban J connectivity index is 1.76. The molecule has 0 spiro atoms. The molecule has 3 aromatic carbocycles. The zero-order chi connectivity index (χ0) is 19.2. The van der Waals surface area contributed by atoms with Crippen LogP contribution in [0.25, 0.3) is 10.8 Å². The number of aromatic hydroxyl groups is 1. The van der Waals surface area contributed by atoms with Crippen molar-refractivity contribution in [3.8, 4) is 5.75 Å². The summed E-state index contributed by atoms with van der Waals surface area (Å²) in [6.07, 6.45) is 0.806. The minimum absolute atomic E-state index is 0.0551. The van der Waals surface area contributed by atoms with Crippen molar-refractivity contribution in [2.75, 3.05) is 10.0 Å². The highest BCUT2D eigenvalue weighted by Crippen LogP contribution is 2.38. The predicted molar refractivity (Wildman–Crippen MR) is 105 cm³/mol. The molecule has 0 aromatic heterocycles. The highest BCUT2D eigenvalue weighted by molar-refractivity contribution is 7.92. The van der Waals surface area contributed by atoms with Gasteiger partial charge in [-0.25, -0.2) is 8.42 Å². The molecule has 138 valence electrons. The zero-order valence-electron chi connectivity index (χ0n) is 14.0. The number of aryl methyl sites for hydroxylation is 1. The second kappa shape index (κ2) is 6.44. The van der Waals surface area contributed by atoms with Crippen LogP contribution in [0.1, 0.15) is 12.0 Å². The molecule has 27 heavy (non-hydrogen) atoms. The number of anilines is 2. The SMILES string of the molecule is O=C1CCc2cc(S(=O)(=O)Nc3cc(Cl)c(O)c4ccccc34)ccc2N1. The molecule has 6 nitrogen and oxygen atoms in total. The first-order valence-corrected chi connectivity index (χ1v) is 10.1. The van der Waals surface area contributed by atoms with Gasteiger partial charge in [0.15, 0.2) is 0 Å². The molecule has 0 saturated carbocycles. The van der Waals surface area contributed by atoms with Gasteiger partial charge in [-0.3, -0.25) is 9.52 Å². The number of hydrogen-bond donors (Lipinski definition) is 3. The molecule has 8 heteroatoms. The van der Waals surface area contributed by atoms with E-state index in [1.54, 1.807) is 36.4 Å². The quantitative estimate of drug-likeness (QED) is 0.579. The fourth-order valence-corrected chi connectivity index (χ4v) is 4.47. The molecule has 0 bridgehead atoms. The maximum absolute atomic E-state index is 12.9. The summed E-state index contributed by atoms with van der Waals surface area (Å²) in [4.78, 5) is 11.5. The summed E-state index contributed by atoms with van der Waals surface area (Å²) in [6, 6.07) is 12.8. The Hall–Kier alpha value is -2.77. The molecular weight excluding hydrogens is 388 g/mol. The van der Waals surface area contributed by atoms with Crippen LogP contribution in [0.2, 0.25) is 5.02 Å². The number of halogens is 1. The second-order valence-corrected chi connectivity index (χ2v) is 8.36. The molecule has 4 rings (SSSR count). The van der Waals surface area contributed by atoms with Crippen molar-refractivity contribution < 1.29 is 18.3 Å². The van der Waals surface area contributed by atoms with Gasteiger partial charge < -0.3 is 10.4 Å². The first kappa shape index (κ1) is 17.6. The van der Waals surface area contributed by atoms with Gasteiger partial charge in [-0.2, -0.15) is 0 Å². The van der Waals surface area contributed by atoms with Crippen LogP contribution in [0, 0.1) is 0 Å². The van der Waals surface area contributed by atoms with Crippen molar-refractivity contribution in [3.63, 3.8) is 0 Å². The maximum Gasteiger partial charge on any atom is 0.261 e. The van der Waals surface area contributed by atoms with Crippen LogP contribution in [-0.4, -0.2) is 19.4 Å². The largest absolute Gasteiger partial charge is 0.506 e. The van der Waals surface area contributed by atoms with Crippen molar-refractivity contribution >= 4 is 49.7 Å². The molecule has 1 aliphatic heterocycles. The lowest BCUT2D eigenvalue weighted by atomic mass is 10.0. The minimum Gasteiger partial charge on any atom is -0.506 e.